The molecule has 11 heteroatoms. The quantitative estimate of drug-likeness (QED) is 0.157. The summed E-state index contributed by atoms with van der Waals surface area (Å²) in [7, 11) is 0. The smallest absolute Gasteiger partial charge is 0.310 e. The fourth-order valence-corrected chi connectivity index (χ4v) is 6.21. The second-order valence-electron chi connectivity index (χ2n) is 9.58. The second-order valence-corrected chi connectivity index (χ2v) is 11.3. The van der Waals surface area contributed by atoms with Gasteiger partial charge in [-0.05, 0) is 58.1 Å². The van der Waals surface area contributed by atoms with E-state index in [1.54, 1.807) is 29.4 Å². The van der Waals surface area contributed by atoms with Crippen molar-refractivity contribution < 1.29 is 19.1 Å². The van der Waals surface area contributed by atoms with Crippen molar-refractivity contribution in [2.75, 3.05) is 44.4 Å². The number of ether oxygens (including phenoxy) is 2. The van der Waals surface area contributed by atoms with E-state index in [0.29, 0.717) is 85.0 Å². The van der Waals surface area contributed by atoms with Gasteiger partial charge < -0.3 is 14.4 Å². The molecule has 0 radical (unpaired) electrons. The Morgan fingerprint density at radius 3 is 2.64 bits per heavy atom. The molecule has 1 amide bonds. The molecule has 9 nitrogen and oxygen atoms in total. The van der Waals surface area contributed by atoms with Crippen LogP contribution in [0.5, 0.6) is 0 Å². The van der Waals surface area contributed by atoms with Crippen LogP contribution in [0.2, 0.25) is 0 Å². The van der Waals surface area contributed by atoms with Gasteiger partial charge in [-0.1, -0.05) is 37.3 Å². The van der Waals surface area contributed by atoms with Gasteiger partial charge in [0.1, 0.15) is 21.8 Å². The first kappa shape index (κ1) is 30.9. The van der Waals surface area contributed by atoms with Crippen LogP contribution in [0, 0.1) is 24.2 Å². The maximum Gasteiger partial charge on any atom is 0.310 e. The third-order valence-electron chi connectivity index (χ3n) is 6.95. The van der Waals surface area contributed by atoms with Crippen molar-refractivity contribution in [3.05, 3.63) is 31.9 Å². The lowest BCUT2D eigenvalue weighted by Gasteiger charge is -2.36. The largest absolute Gasteiger partial charge is 0.466 e. The third kappa shape index (κ3) is 7.10. The highest BCUT2D eigenvalue weighted by molar-refractivity contribution is 8.26. The molecule has 2 aliphatic heterocycles. The minimum Gasteiger partial charge on any atom is -0.466 e. The van der Waals surface area contributed by atoms with Crippen LogP contribution in [-0.2, 0) is 25.6 Å². The molecule has 0 aliphatic carbocycles. The minimum absolute atomic E-state index is 0.0623. The van der Waals surface area contributed by atoms with Gasteiger partial charge in [0.05, 0.1) is 17.4 Å². The van der Waals surface area contributed by atoms with Gasteiger partial charge in [-0.15, -0.1) is 0 Å². The summed E-state index contributed by atoms with van der Waals surface area (Å²) in [5, 5.41) is 9.91. The first-order valence-electron chi connectivity index (χ1n) is 13.7. The lowest BCUT2D eigenvalue weighted by Crippen LogP contribution is -2.43. The first-order valence-corrected chi connectivity index (χ1v) is 14.9. The molecule has 2 aliphatic rings. The van der Waals surface area contributed by atoms with Gasteiger partial charge in [-0.3, -0.25) is 23.9 Å². The minimum atomic E-state index is -0.350. The van der Waals surface area contributed by atoms with Gasteiger partial charge in [0.25, 0.3) is 11.5 Å². The van der Waals surface area contributed by atoms with Crippen LogP contribution in [0.3, 0.4) is 0 Å². The van der Waals surface area contributed by atoms with Crippen LogP contribution in [0.15, 0.2) is 9.70 Å². The topological polar surface area (TPSA) is 105 Å². The third-order valence-corrected chi connectivity index (χ3v) is 8.32. The Morgan fingerprint density at radius 1 is 1.21 bits per heavy atom. The molecule has 0 spiro atoms. The Balaban J connectivity index is 2.11. The van der Waals surface area contributed by atoms with Crippen LogP contribution in [0.4, 0.5) is 5.82 Å². The predicted octanol–water partition coefficient (Wildman–Crippen LogP) is 4.24. The van der Waals surface area contributed by atoms with Crippen molar-refractivity contribution in [2.45, 2.75) is 66.3 Å². The number of nitriles is 1. The molecule has 1 unspecified atom stereocenters. The van der Waals surface area contributed by atoms with Crippen LogP contribution < -0.4 is 10.5 Å². The first-order chi connectivity index (χ1) is 18.8. The van der Waals surface area contributed by atoms with E-state index in [9.17, 15) is 19.6 Å². The van der Waals surface area contributed by atoms with Crippen molar-refractivity contribution in [2.24, 2.45) is 5.92 Å². The van der Waals surface area contributed by atoms with Crippen molar-refractivity contribution in [1.29, 1.82) is 5.26 Å². The van der Waals surface area contributed by atoms with Gasteiger partial charge >= 0.3 is 5.97 Å². The van der Waals surface area contributed by atoms with E-state index < -0.39 is 0 Å². The van der Waals surface area contributed by atoms with Crippen LogP contribution in [0.25, 0.3) is 6.08 Å². The van der Waals surface area contributed by atoms with Crippen LogP contribution >= 0.6 is 24.0 Å². The van der Waals surface area contributed by atoms with Crippen molar-refractivity contribution in [3.8, 4) is 6.07 Å². The molecule has 39 heavy (non-hydrogen) atoms. The summed E-state index contributed by atoms with van der Waals surface area (Å²) in [6, 6.07) is 2.09. The van der Waals surface area contributed by atoms with E-state index in [1.807, 2.05) is 18.7 Å². The summed E-state index contributed by atoms with van der Waals surface area (Å²) >= 11 is 6.74. The highest BCUT2D eigenvalue weighted by Crippen LogP contribution is 2.37. The molecule has 1 aromatic heterocycles. The average molecular weight is 575 g/mol. The van der Waals surface area contributed by atoms with Crippen LogP contribution in [-0.4, -0.2) is 65.1 Å². The molecule has 0 bridgehead atoms. The number of carbonyl (C=O) groups excluding carboxylic acids is 2. The molecule has 0 aromatic carbocycles. The van der Waals surface area contributed by atoms with E-state index in [-0.39, 0.29) is 28.9 Å². The number of carbonyl (C=O) groups is 2. The zero-order valence-corrected chi connectivity index (χ0v) is 24.9. The van der Waals surface area contributed by atoms with E-state index in [4.69, 9.17) is 21.7 Å². The molecule has 2 fully saturated rings. The number of rotatable bonds is 12. The number of hydrogen-bond acceptors (Lipinski definition) is 9. The Kier molecular flexibility index (Phi) is 11.6. The standard InChI is InChI=1S/C28H38N4O5S2/c1-5-8-13-31-24(30-12-9-11-20(18-30)27(35)37-7-3)21(19(4)22(17-29)25(31)33)16-23-26(34)32(28(38)39-23)14-10-15-36-6-2/h16,20H,5-15,18H2,1-4H3. The number of anilines is 1. The van der Waals surface area contributed by atoms with Crippen molar-refractivity contribution in [1.82, 2.24) is 9.47 Å². The lowest BCUT2D eigenvalue weighted by molar-refractivity contribution is -0.148. The van der Waals surface area contributed by atoms with E-state index in [0.717, 1.165) is 19.3 Å². The van der Waals surface area contributed by atoms with Gasteiger partial charge in [0.15, 0.2) is 0 Å². The van der Waals surface area contributed by atoms with Crippen molar-refractivity contribution in [3.63, 3.8) is 0 Å². The van der Waals surface area contributed by atoms with E-state index in [1.165, 1.54) is 11.8 Å². The maximum atomic E-state index is 13.5. The number of pyridine rings is 1. The zero-order valence-electron chi connectivity index (χ0n) is 23.3. The fourth-order valence-electron chi connectivity index (χ4n) is 4.92. The molecule has 212 valence electrons. The van der Waals surface area contributed by atoms with Gasteiger partial charge in [0, 0.05) is 45.0 Å². The fraction of sp³-hybridized carbons (Fsp3) is 0.607. The number of nitrogens with zero attached hydrogens (tertiary/aromatic N) is 4. The molecule has 1 aromatic rings. The summed E-state index contributed by atoms with van der Waals surface area (Å²) < 4.78 is 12.8. The monoisotopic (exact) mass is 574 g/mol. The number of esters is 1. The molecular weight excluding hydrogens is 536 g/mol. The van der Waals surface area contributed by atoms with E-state index in [2.05, 4.69) is 6.07 Å². The van der Waals surface area contributed by atoms with Gasteiger partial charge in [-0.2, -0.15) is 5.26 Å². The number of thioether (sulfide) groups is 1. The Bertz CT molecular complexity index is 1220. The number of aromatic nitrogens is 1. The summed E-state index contributed by atoms with van der Waals surface area (Å²) in [6.07, 6.45) is 5.51. The average Bonchev–Trinajstić information content (AvgIpc) is 3.19. The zero-order chi connectivity index (χ0) is 28.5. The number of unbranched alkanes of at least 4 members (excludes halogenated alkanes) is 1. The highest BCUT2D eigenvalue weighted by Gasteiger charge is 2.34. The number of piperidine rings is 1. The summed E-state index contributed by atoms with van der Waals surface area (Å²) in [5.41, 5.74) is 0.872. The molecule has 0 saturated carbocycles. The molecular formula is C28H38N4O5S2. The number of hydrogen-bond donors (Lipinski definition) is 0. The maximum absolute atomic E-state index is 13.5. The highest BCUT2D eigenvalue weighted by atomic mass is 32.2. The predicted molar refractivity (Wildman–Crippen MR) is 158 cm³/mol. The van der Waals surface area contributed by atoms with Gasteiger partial charge in [-0.25, -0.2) is 0 Å². The number of thiocarbonyl (C=S) groups is 1. The summed E-state index contributed by atoms with van der Waals surface area (Å²) in [5.74, 6) is -0.120. The number of amides is 1. The second kappa shape index (κ2) is 14.6. The molecule has 2 saturated heterocycles. The van der Waals surface area contributed by atoms with Crippen molar-refractivity contribution >= 4 is 52.1 Å². The molecule has 3 heterocycles. The lowest BCUT2D eigenvalue weighted by atomic mass is 9.96. The summed E-state index contributed by atoms with van der Waals surface area (Å²) in [6.45, 7) is 10.9. The molecule has 3 rings (SSSR count). The normalized spacial score (nSPS) is 18.6. The Morgan fingerprint density at radius 2 is 1.97 bits per heavy atom. The molecule has 1 atom stereocenters. The Labute approximate surface area is 240 Å². The van der Waals surface area contributed by atoms with E-state index >= 15 is 0 Å². The Hall–Kier alpha value is -2.68. The van der Waals surface area contributed by atoms with Gasteiger partial charge in [0.2, 0.25) is 0 Å². The SMILES string of the molecule is CCCCn1c(N2CCCC(C(=O)OCC)C2)c(C=C2SC(=S)N(CCCOCC)C2=O)c(C)c(C#N)c1=O. The molecule has 0 N–H and O–H groups in total. The summed E-state index contributed by atoms with van der Waals surface area (Å²) in [4.78, 5) is 43.6. The van der Waals surface area contributed by atoms with Crippen LogP contribution in [0.1, 0.15) is 69.6 Å².